The number of aromatic nitrogens is 3. The van der Waals surface area contributed by atoms with Gasteiger partial charge in [0.05, 0.1) is 0 Å². The predicted octanol–water partition coefficient (Wildman–Crippen LogP) is 5.57. The Balaban J connectivity index is 1.65. The Morgan fingerprint density at radius 2 is 1.61 bits per heavy atom. The number of hydrogen-bond acceptors (Lipinski definition) is 4. The van der Waals surface area contributed by atoms with E-state index in [2.05, 4.69) is 15.5 Å². The summed E-state index contributed by atoms with van der Waals surface area (Å²) in [6.45, 7) is 4.01. The molecule has 0 aliphatic rings. The largest absolute Gasteiger partial charge is 0.325 e. The first-order valence-corrected chi connectivity index (χ1v) is 11.0. The summed E-state index contributed by atoms with van der Waals surface area (Å²) in [5.74, 6) is 0.680. The molecule has 1 heterocycles. The molecule has 1 atom stereocenters. The van der Waals surface area contributed by atoms with Crippen LogP contribution in [0.2, 0.25) is 0 Å². The number of anilines is 1. The number of aryl methyl sites for hydroxylation is 2. The number of carbonyl (C=O) groups is 1. The number of nitrogens with zero attached hydrogens (tertiary/aromatic N) is 3. The van der Waals surface area contributed by atoms with Crippen LogP contribution in [0, 0.1) is 13.8 Å². The Hall–Kier alpha value is -3.38. The zero-order chi connectivity index (χ0) is 21.8. The van der Waals surface area contributed by atoms with Gasteiger partial charge >= 0.3 is 0 Å². The van der Waals surface area contributed by atoms with Crippen LogP contribution in [-0.2, 0) is 11.8 Å². The van der Waals surface area contributed by atoms with Crippen molar-refractivity contribution in [2.45, 2.75) is 24.3 Å². The highest BCUT2D eigenvalue weighted by molar-refractivity contribution is 8.00. The molecule has 0 saturated heterocycles. The van der Waals surface area contributed by atoms with Crippen LogP contribution in [0.5, 0.6) is 0 Å². The summed E-state index contributed by atoms with van der Waals surface area (Å²) in [5, 5.41) is 12.1. The first kappa shape index (κ1) is 20.9. The highest BCUT2D eigenvalue weighted by atomic mass is 32.2. The maximum atomic E-state index is 13.4. The lowest BCUT2D eigenvalue weighted by molar-refractivity contribution is -0.115. The summed E-state index contributed by atoms with van der Waals surface area (Å²) >= 11 is 1.40. The van der Waals surface area contributed by atoms with Gasteiger partial charge in [-0.25, -0.2) is 0 Å². The summed E-state index contributed by atoms with van der Waals surface area (Å²) in [6.07, 6.45) is 0. The molecule has 0 spiro atoms. The number of rotatable bonds is 6. The number of amides is 1. The molecule has 0 bridgehead atoms. The molecule has 156 valence electrons. The van der Waals surface area contributed by atoms with Gasteiger partial charge in [-0.15, -0.1) is 10.2 Å². The molecule has 0 fully saturated rings. The predicted molar refractivity (Wildman–Crippen MR) is 126 cm³/mol. The van der Waals surface area contributed by atoms with Gasteiger partial charge in [-0.2, -0.15) is 0 Å². The fourth-order valence-electron chi connectivity index (χ4n) is 3.33. The number of benzene rings is 3. The SMILES string of the molecule is Cc1ccc(C)c(NC(=O)[C@H](Sc2nnc(-c3ccccc3)n2C)c2ccccc2)c1. The van der Waals surface area contributed by atoms with Crippen LogP contribution < -0.4 is 5.32 Å². The van der Waals surface area contributed by atoms with Crippen molar-refractivity contribution in [2.75, 3.05) is 5.32 Å². The monoisotopic (exact) mass is 428 g/mol. The van der Waals surface area contributed by atoms with Gasteiger partial charge < -0.3 is 9.88 Å². The Morgan fingerprint density at radius 3 is 2.32 bits per heavy atom. The molecule has 0 aliphatic carbocycles. The smallest absolute Gasteiger partial charge is 0.242 e. The van der Waals surface area contributed by atoms with E-state index in [0.29, 0.717) is 5.16 Å². The highest BCUT2D eigenvalue weighted by Gasteiger charge is 2.25. The second-order valence-corrected chi connectivity index (χ2v) is 8.52. The molecule has 0 aliphatic heterocycles. The molecular weight excluding hydrogens is 404 g/mol. The topological polar surface area (TPSA) is 59.8 Å². The van der Waals surface area contributed by atoms with Crippen LogP contribution in [0.15, 0.2) is 84.0 Å². The number of thioether (sulfide) groups is 1. The second-order valence-electron chi connectivity index (χ2n) is 7.45. The average Bonchev–Trinajstić information content (AvgIpc) is 3.15. The van der Waals surface area contributed by atoms with Crippen molar-refractivity contribution < 1.29 is 4.79 Å². The average molecular weight is 429 g/mol. The Morgan fingerprint density at radius 1 is 0.935 bits per heavy atom. The van der Waals surface area contributed by atoms with Gasteiger partial charge in [0.25, 0.3) is 0 Å². The summed E-state index contributed by atoms with van der Waals surface area (Å²) in [4.78, 5) is 13.4. The van der Waals surface area contributed by atoms with E-state index in [1.165, 1.54) is 11.8 Å². The van der Waals surface area contributed by atoms with Crippen molar-refractivity contribution in [2.24, 2.45) is 7.05 Å². The Bertz CT molecular complexity index is 1190. The van der Waals surface area contributed by atoms with Crippen molar-refractivity contribution in [3.05, 3.63) is 95.6 Å². The lowest BCUT2D eigenvalue weighted by Gasteiger charge is -2.18. The maximum Gasteiger partial charge on any atom is 0.242 e. The van der Waals surface area contributed by atoms with Gasteiger partial charge in [0.1, 0.15) is 5.25 Å². The minimum absolute atomic E-state index is 0.0887. The third kappa shape index (κ3) is 4.70. The third-order valence-electron chi connectivity index (χ3n) is 5.08. The standard InChI is InChI=1S/C25H24N4OS/c1-17-14-15-18(2)21(16-17)26-24(30)22(19-10-6-4-7-11-19)31-25-28-27-23(29(25)3)20-12-8-5-9-13-20/h4-16,22H,1-3H3,(H,26,30)/t22-/m1/s1. The second kappa shape index (κ2) is 9.18. The summed E-state index contributed by atoms with van der Waals surface area (Å²) in [6, 6.07) is 25.7. The number of hydrogen-bond donors (Lipinski definition) is 1. The molecule has 3 aromatic carbocycles. The maximum absolute atomic E-state index is 13.4. The van der Waals surface area contributed by atoms with E-state index >= 15 is 0 Å². The summed E-state index contributed by atoms with van der Waals surface area (Å²) < 4.78 is 1.93. The fraction of sp³-hybridized carbons (Fsp3) is 0.160. The van der Waals surface area contributed by atoms with E-state index in [1.54, 1.807) is 0 Å². The molecule has 0 unspecified atom stereocenters. The van der Waals surface area contributed by atoms with Crippen molar-refractivity contribution in [1.29, 1.82) is 0 Å². The van der Waals surface area contributed by atoms with Gasteiger partial charge in [-0.05, 0) is 36.6 Å². The molecule has 31 heavy (non-hydrogen) atoms. The zero-order valence-electron chi connectivity index (χ0n) is 17.7. The van der Waals surface area contributed by atoms with Crippen molar-refractivity contribution in [3.63, 3.8) is 0 Å². The number of nitrogens with one attached hydrogen (secondary N) is 1. The number of carbonyl (C=O) groups excluding carboxylic acids is 1. The lowest BCUT2D eigenvalue weighted by Crippen LogP contribution is -2.20. The van der Waals surface area contributed by atoms with Crippen LogP contribution in [-0.4, -0.2) is 20.7 Å². The molecule has 1 N–H and O–H groups in total. The summed E-state index contributed by atoms with van der Waals surface area (Å²) in [7, 11) is 1.93. The van der Waals surface area contributed by atoms with E-state index in [4.69, 9.17) is 0 Å². The Kier molecular flexibility index (Phi) is 6.18. The molecule has 5 nitrogen and oxygen atoms in total. The van der Waals surface area contributed by atoms with Gasteiger partial charge in [-0.3, -0.25) is 4.79 Å². The van der Waals surface area contributed by atoms with E-state index in [0.717, 1.165) is 33.8 Å². The van der Waals surface area contributed by atoms with Crippen LogP contribution in [0.1, 0.15) is 21.9 Å². The van der Waals surface area contributed by atoms with E-state index in [-0.39, 0.29) is 5.91 Å². The molecule has 0 radical (unpaired) electrons. The first-order valence-electron chi connectivity index (χ1n) is 10.1. The van der Waals surface area contributed by atoms with Gasteiger partial charge in [0.15, 0.2) is 11.0 Å². The highest BCUT2D eigenvalue weighted by Crippen LogP contribution is 2.36. The Labute approximate surface area is 186 Å². The van der Waals surface area contributed by atoms with E-state index in [1.807, 2.05) is 104 Å². The van der Waals surface area contributed by atoms with Gasteiger partial charge in [-0.1, -0.05) is 84.6 Å². The minimum Gasteiger partial charge on any atom is -0.325 e. The van der Waals surface area contributed by atoms with Crippen molar-refractivity contribution in [1.82, 2.24) is 14.8 Å². The van der Waals surface area contributed by atoms with Gasteiger partial charge in [0.2, 0.25) is 5.91 Å². The first-order chi connectivity index (χ1) is 15.0. The third-order valence-corrected chi connectivity index (χ3v) is 6.37. The molecule has 0 saturated carbocycles. The zero-order valence-corrected chi connectivity index (χ0v) is 18.6. The molecule has 4 aromatic rings. The minimum atomic E-state index is -0.465. The van der Waals surface area contributed by atoms with Crippen LogP contribution in [0.3, 0.4) is 0 Å². The van der Waals surface area contributed by atoms with Crippen molar-refractivity contribution in [3.8, 4) is 11.4 Å². The summed E-state index contributed by atoms with van der Waals surface area (Å²) in [5.41, 5.74) is 4.86. The van der Waals surface area contributed by atoms with Crippen LogP contribution in [0.4, 0.5) is 5.69 Å². The van der Waals surface area contributed by atoms with E-state index in [9.17, 15) is 4.79 Å². The molecular formula is C25H24N4OS. The van der Waals surface area contributed by atoms with Gasteiger partial charge in [0, 0.05) is 18.3 Å². The molecule has 4 rings (SSSR count). The molecule has 6 heteroatoms. The lowest BCUT2D eigenvalue weighted by atomic mass is 10.1. The van der Waals surface area contributed by atoms with Crippen molar-refractivity contribution >= 4 is 23.4 Å². The van der Waals surface area contributed by atoms with Crippen LogP contribution in [0.25, 0.3) is 11.4 Å². The molecule has 1 aromatic heterocycles. The van der Waals surface area contributed by atoms with Crippen LogP contribution >= 0.6 is 11.8 Å². The molecule has 1 amide bonds. The normalized spacial score (nSPS) is 11.8. The van der Waals surface area contributed by atoms with E-state index < -0.39 is 5.25 Å². The fourth-order valence-corrected chi connectivity index (χ4v) is 4.33. The quantitative estimate of drug-likeness (QED) is 0.408.